The molecule has 34 heavy (non-hydrogen) atoms. The maximum atomic E-state index is 11.8. The molecule has 0 aromatic heterocycles. The van der Waals surface area contributed by atoms with Gasteiger partial charge in [-0.05, 0) is 49.3 Å². The van der Waals surface area contributed by atoms with Gasteiger partial charge in [-0.25, -0.2) is 9.59 Å². The summed E-state index contributed by atoms with van der Waals surface area (Å²) in [5.74, 6) is 2.98. The Morgan fingerprint density at radius 3 is 2.18 bits per heavy atom. The largest absolute Gasteiger partial charge is 0.479 e. The molecule has 1 aromatic rings. The minimum Gasteiger partial charge on any atom is -0.479 e. The number of aliphatic hydroxyl groups is 2. The lowest BCUT2D eigenvalue weighted by molar-refractivity contribution is -0.165. The van der Waals surface area contributed by atoms with Gasteiger partial charge in [0.25, 0.3) is 0 Å². The fourth-order valence-electron chi connectivity index (χ4n) is 3.66. The monoisotopic (exact) mass is 477 g/mol. The van der Waals surface area contributed by atoms with Crippen LogP contribution in [0.15, 0.2) is 24.3 Å². The van der Waals surface area contributed by atoms with Crippen LogP contribution in [-0.4, -0.2) is 63.2 Å². The minimum absolute atomic E-state index is 0.296. The Hall–Kier alpha value is -2.93. The zero-order chi connectivity index (χ0) is 25.7. The van der Waals surface area contributed by atoms with Crippen LogP contribution < -0.4 is 5.73 Å². The summed E-state index contributed by atoms with van der Waals surface area (Å²) in [5.41, 5.74) is 7.66. The third kappa shape index (κ3) is 9.14. The van der Waals surface area contributed by atoms with Crippen molar-refractivity contribution in [3.63, 3.8) is 0 Å². The molecule has 0 unspecified atom stereocenters. The molecule has 0 aliphatic heterocycles. The number of carbonyl (C=O) groups excluding carboxylic acids is 1. The number of nitrogens with two attached hydrogens (primary N) is 1. The van der Waals surface area contributed by atoms with Crippen LogP contribution in [0, 0.1) is 11.8 Å². The maximum absolute atomic E-state index is 11.8. The number of methoxy groups -OCH3 is 1. The predicted molar refractivity (Wildman–Crippen MR) is 125 cm³/mol. The Bertz CT molecular complexity index is 855. The Morgan fingerprint density at radius 1 is 1.09 bits per heavy atom. The lowest BCUT2D eigenvalue weighted by atomic mass is 9.92. The Labute approximate surface area is 199 Å². The highest BCUT2D eigenvalue weighted by Gasteiger charge is 2.43. The molecule has 4 atom stereocenters. The van der Waals surface area contributed by atoms with E-state index in [2.05, 4.69) is 43.0 Å². The van der Waals surface area contributed by atoms with E-state index in [1.165, 1.54) is 38.4 Å². The molecule has 9 heteroatoms. The van der Waals surface area contributed by atoms with Crippen molar-refractivity contribution in [1.82, 2.24) is 0 Å². The summed E-state index contributed by atoms with van der Waals surface area (Å²) in [4.78, 5) is 31.4. The van der Waals surface area contributed by atoms with Gasteiger partial charge in [-0.3, -0.25) is 4.79 Å². The van der Waals surface area contributed by atoms with Crippen LogP contribution in [0.4, 0.5) is 0 Å². The van der Waals surface area contributed by atoms with Gasteiger partial charge in [0, 0.05) is 12.0 Å². The SMILES string of the molecule is CCCCCCC#Cc1ccc([C@H]2CC[C@](N)(C(=O)OC)C2)cc1.O=C(O)[C@H](O)[C@@H](O)C(=O)O. The highest BCUT2D eigenvalue weighted by molar-refractivity contribution is 5.83. The molecular formula is C25H35NO8. The molecule has 2 rings (SSSR count). The van der Waals surface area contributed by atoms with Crippen LogP contribution in [0.25, 0.3) is 0 Å². The summed E-state index contributed by atoms with van der Waals surface area (Å²) in [5, 5.41) is 32.5. The summed E-state index contributed by atoms with van der Waals surface area (Å²) in [6, 6.07) is 8.38. The summed E-state index contributed by atoms with van der Waals surface area (Å²) in [7, 11) is 1.40. The van der Waals surface area contributed by atoms with E-state index in [0.29, 0.717) is 18.8 Å². The first-order valence-electron chi connectivity index (χ1n) is 11.3. The molecule has 0 radical (unpaired) electrons. The number of rotatable bonds is 9. The molecule has 0 spiro atoms. The number of aliphatic carboxylic acids is 2. The smallest absolute Gasteiger partial charge is 0.335 e. The van der Waals surface area contributed by atoms with Gasteiger partial charge in [-0.2, -0.15) is 0 Å². The average molecular weight is 478 g/mol. The quantitative estimate of drug-likeness (QED) is 0.203. The van der Waals surface area contributed by atoms with Crippen molar-refractivity contribution < 1.29 is 39.5 Å². The minimum atomic E-state index is -2.27. The number of aliphatic hydroxyl groups excluding tert-OH is 2. The number of unbranched alkanes of at least 4 members (excludes halogenated alkanes) is 4. The van der Waals surface area contributed by atoms with Crippen molar-refractivity contribution in [2.45, 2.75) is 82.0 Å². The third-order valence-electron chi connectivity index (χ3n) is 5.72. The first kappa shape index (κ1) is 29.1. The molecule has 0 bridgehead atoms. The maximum Gasteiger partial charge on any atom is 0.335 e. The lowest BCUT2D eigenvalue weighted by Crippen LogP contribution is -2.46. The Balaban J connectivity index is 0.000000489. The van der Waals surface area contributed by atoms with Crippen LogP contribution in [0.5, 0.6) is 0 Å². The van der Waals surface area contributed by atoms with Gasteiger partial charge in [0.15, 0.2) is 12.2 Å². The van der Waals surface area contributed by atoms with Gasteiger partial charge in [0.1, 0.15) is 5.54 Å². The molecule has 1 fully saturated rings. The lowest BCUT2D eigenvalue weighted by Gasteiger charge is -2.20. The number of ether oxygens (including phenoxy) is 1. The fourth-order valence-corrected chi connectivity index (χ4v) is 3.66. The van der Waals surface area contributed by atoms with Crippen molar-refractivity contribution >= 4 is 17.9 Å². The van der Waals surface area contributed by atoms with E-state index in [-0.39, 0.29) is 5.97 Å². The number of hydrogen-bond acceptors (Lipinski definition) is 7. The number of hydrogen-bond donors (Lipinski definition) is 5. The van der Waals surface area contributed by atoms with Gasteiger partial charge in [0.05, 0.1) is 7.11 Å². The van der Waals surface area contributed by atoms with Crippen molar-refractivity contribution in [3.05, 3.63) is 35.4 Å². The summed E-state index contributed by atoms with van der Waals surface area (Å²) < 4.78 is 4.84. The first-order valence-corrected chi connectivity index (χ1v) is 11.3. The van der Waals surface area contributed by atoms with Crippen LogP contribution in [-0.2, 0) is 19.1 Å². The first-order chi connectivity index (χ1) is 16.1. The van der Waals surface area contributed by atoms with E-state index < -0.39 is 29.7 Å². The second-order valence-electron chi connectivity index (χ2n) is 8.39. The summed E-state index contributed by atoms with van der Waals surface area (Å²) in [6.07, 6.45) is 3.72. The molecule has 188 valence electrons. The number of carboxylic acid groups (broad SMARTS) is 2. The molecule has 1 aromatic carbocycles. The van der Waals surface area contributed by atoms with Gasteiger partial charge >= 0.3 is 17.9 Å². The Kier molecular flexibility index (Phi) is 12.3. The predicted octanol–water partition coefficient (Wildman–Crippen LogP) is 2.02. The summed E-state index contributed by atoms with van der Waals surface area (Å²) >= 11 is 0. The van der Waals surface area contributed by atoms with E-state index in [4.69, 9.17) is 30.9 Å². The van der Waals surface area contributed by atoms with E-state index in [1.54, 1.807) is 0 Å². The average Bonchev–Trinajstić information content (AvgIpc) is 3.23. The van der Waals surface area contributed by atoms with Crippen molar-refractivity contribution in [2.75, 3.05) is 7.11 Å². The highest BCUT2D eigenvalue weighted by Crippen LogP contribution is 2.40. The molecule has 0 saturated heterocycles. The van der Waals surface area contributed by atoms with Gasteiger partial charge in [0.2, 0.25) is 0 Å². The highest BCUT2D eigenvalue weighted by atomic mass is 16.5. The van der Waals surface area contributed by atoms with Gasteiger partial charge in [-0.15, -0.1) is 0 Å². The molecular weight excluding hydrogens is 442 g/mol. The number of benzene rings is 1. The van der Waals surface area contributed by atoms with Crippen LogP contribution in [0.2, 0.25) is 0 Å². The zero-order valence-electron chi connectivity index (χ0n) is 19.7. The molecule has 0 heterocycles. The van der Waals surface area contributed by atoms with E-state index in [9.17, 15) is 14.4 Å². The molecule has 9 nitrogen and oxygen atoms in total. The number of esters is 1. The number of carbonyl (C=O) groups is 3. The van der Waals surface area contributed by atoms with E-state index in [0.717, 1.165) is 18.4 Å². The summed E-state index contributed by atoms with van der Waals surface area (Å²) in [6.45, 7) is 2.22. The normalized spacial score (nSPS) is 20.7. The van der Waals surface area contributed by atoms with Crippen molar-refractivity contribution in [1.29, 1.82) is 0 Å². The topological polar surface area (TPSA) is 167 Å². The molecule has 1 saturated carbocycles. The molecule has 1 aliphatic rings. The van der Waals surface area contributed by atoms with Crippen LogP contribution in [0.3, 0.4) is 0 Å². The standard InChI is InChI=1S/C21H29NO2.C4H6O6/c1-3-4-5-6-7-8-9-17-10-12-18(13-11-17)19-14-15-21(22,16-19)20(23)24-2;5-1(3(7)8)2(6)4(9)10/h10-13,19H,3-7,14-16,22H2,1-2H3;1-2,5-6H,(H,7,8)(H,9,10)/t19-,21+;1-,2-/m01/s1. The third-order valence-corrected chi connectivity index (χ3v) is 5.72. The van der Waals surface area contributed by atoms with Crippen molar-refractivity contribution in [2.24, 2.45) is 5.73 Å². The van der Waals surface area contributed by atoms with Crippen LogP contribution in [0.1, 0.15) is 75.3 Å². The van der Waals surface area contributed by atoms with E-state index >= 15 is 0 Å². The second-order valence-corrected chi connectivity index (χ2v) is 8.39. The molecule has 6 N–H and O–H groups in total. The Morgan fingerprint density at radius 2 is 1.68 bits per heavy atom. The zero-order valence-corrected chi connectivity index (χ0v) is 19.7. The van der Waals surface area contributed by atoms with Gasteiger partial charge in [-0.1, -0.05) is 50.2 Å². The van der Waals surface area contributed by atoms with E-state index in [1.807, 2.05) is 0 Å². The van der Waals surface area contributed by atoms with Crippen molar-refractivity contribution in [3.8, 4) is 11.8 Å². The fraction of sp³-hybridized carbons (Fsp3) is 0.560. The van der Waals surface area contributed by atoms with Gasteiger partial charge < -0.3 is 30.9 Å². The second kappa shape index (κ2) is 14.4. The van der Waals surface area contributed by atoms with Crippen LogP contribution >= 0.6 is 0 Å². The molecule has 0 amide bonds. The molecule has 1 aliphatic carbocycles. The number of carboxylic acids is 2.